The van der Waals surface area contributed by atoms with E-state index in [1.807, 2.05) is 13.8 Å². The number of nitrogens with zero attached hydrogens (tertiary/aromatic N) is 1. The number of carbonyl (C=O) groups is 2. The molecule has 150 valence electrons. The molecule has 2 N–H and O–H groups in total. The van der Waals surface area contributed by atoms with Crippen molar-refractivity contribution in [2.24, 2.45) is 5.92 Å². The number of hydrogen-bond donors (Lipinski definition) is 2. The van der Waals surface area contributed by atoms with Crippen molar-refractivity contribution < 1.29 is 18.0 Å². The Hall–Kier alpha value is -1.93. The molecule has 1 aromatic rings. The van der Waals surface area contributed by atoms with E-state index in [2.05, 4.69) is 10.6 Å². The summed E-state index contributed by atoms with van der Waals surface area (Å²) in [4.78, 5) is 25.1. The summed E-state index contributed by atoms with van der Waals surface area (Å²) < 4.78 is 25.3. The number of sulfonamides is 1. The Morgan fingerprint density at radius 2 is 1.81 bits per heavy atom. The van der Waals surface area contributed by atoms with Gasteiger partial charge in [-0.15, -0.1) is 0 Å². The summed E-state index contributed by atoms with van der Waals surface area (Å²) in [7, 11) is -3.21. The second kappa shape index (κ2) is 9.32. The topological polar surface area (TPSA) is 95.6 Å². The van der Waals surface area contributed by atoms with Gasteiger partial charge < -0.3 is 10.6 Å². The Balaban J connectivity index is 2.02. The number of para-hydroxylation sites is 1. The predicted octanol–water partition coefficient (Wildman–Crippen LogP) is 2.22. The number of benzene rings is 1. The van der Waals surface area contributed by atoms with Crippen LogP contribution in [-0.4, -0.2) is 49.4 Å². The molecule has 0 aromatic heterocycles. The molecule has 27 heavy (non-hydrogen) atoms. The van der Waals surface area contributed by atoms with Crippen molar-refractivity contribution in [3.05, 3.63) is 29.8 Å². The summed E-state index contributed by atoms with van der Waals surface area (Å²) in [5, 5.41) is 5.76. The molecule has 1 aromatic carbocycles. The van der Waals surface area contributed by atoms with Crippen LogP contribution in [0.3, 0.4) is 0 Å². The molecule has 8 heteroatoms. The summed E-state index contributed by atoms with van der Waals surface area (Å²) in [6, 6.07) is 6.97. The fourth-order valence-corrected chi connectivity index (χ4v) is 4.14. The lowest BCUT2D eigenvalue weighted by molar-refractivity contribution is -0.120. The molecule has 7 nitrogen and oxygen atoms in total. The molecule has 1 aliphatic heterocycles. The van der Waals surface area contributed by atoms with Crippen LogP contribution in [0.15, 0.2) is 24.3 Å². The van der Waals surface area contributed by atoms with Crippen LogP contribution in [0.1, 0.15) is 50.4 Å². The van der Waals surface area contributed by atoms with Crippen molar-refractivity contribution in [2.75, 3.05) is 24.2 Å². The fourth-order valence-electron chi connectivity index (χ4n) is 3.01. The normalized spacial score (nSPS) is 17.3. The Morgan fingerprint density at radius 1 is 1.19 bits per heavy atom. The largest absolute Gasteiger partial charge is 0.350 e. The molecule has 0 saturated carbocycles. The zero-order valence-electron chi connectivity index (χ0n) is 16.2. The molecular formula is C19H29N3O4S. The Kier molecular flexibility index (Phi) is 7.38. The second-order valence-electron chi connectivity index (χ2n) is 6.89. The first kappa shape index (κ1) is 21.4. The van der Waals surface area contributed by atoms with Crippen LogP contribution in [-0.2, 0) is 14.8 Å². The second-order valence-corrected chi connectivity index (χ2v) is 9.15. The van der Waals surface area contributed by atoms with Gasteiger partial charge in [-0.1, -0.05) is 19.1 Å². The van der Waals surface area contributed by atoms with E-state index in [0.717, 1.165) is 6.42 Å². The minimum Gasteiger partial charge on any atom is -0.350 e. The molecule has 1 aliphatic rings. The van der Waals surface area contributed by atoms with Gasteiger partial charge >= 0.3 is 0 Å². The van der Waals surface area contributed by atoms with Gasteiger partial charge in [0, 0.05) is 25.0 Å². The van der Waals surface area contributed by atoms with Gasteiger partial charge in [-0.25, -0.2) is 12.7 Å². The first-order valence-electron chi connectivity index (χ1n) is 9.47. The van der Waals surface area contributed by atoms with Gasteiger partial charge in [0.25, 0.3) is 5.91 Å². The quantitative estimate of drug-likeness (QED) is 0.740. The van der Waals surface area contributed by atoms with Gasteiger partial charge in [-0.3, -0.25) is 9.59 Å². The first-order chi connectivity index (χ1) is 12.8. The van der Waals surface area contributed by atoms with Crippen molar-refractivity contribution in [1.82, 2.24) is 9.62 Å². The molecular weight excluding hydrogens is 366 g/mol. The van der Waals surface area contributed by atoms with Crippen LogP contribution < -0.4 is 10.6 Å². The highest BCUT2D eigenvalue weighted by molar-refractivity contribution is 7.89. The van der Waals surface area contributed by atoms with Crippen LogP contribution in [0.4, 0.5) is 5.69 Å². The molecule has 2 amide bonds. The van der Waals surface area contributed by atoms with Gasteiger partial charge in [0.1, 0.15) is 0 Å². The third-order valence-corrected chi connectivity index (χ3v) is 6.88. The van der Waals surface area contributed by atoms with Crippen molar-refractivity contribution >= 4 is 27.5 Å². The molecule has 0 aliphatic carbocycles. The van der Waals surface area contributed by atoms with Crippen LogP contribution >= 0.6 is 0 Å². The maximum atomic E-state index is 12.6. The van der Waals surface area contributed by atoms with Crippen LogP contribution in [0, 0.1) is 5.92 Å². The van der Waals surface area contributed by atoms with E-state index in [4.69, 9.17) is 0 Å². The SMILES string of the molecule is CCC(C)NC(=O)c1ccccc1NC(=O)C1CCN(S(=O)(=O)CC)CC1. The van der Waals surface area contributed by atoms with E-state index in [0.29, 0.717) is 37.2 Å². The van der Waals surface area contributed by atoms with Crippen LogP contribution in [0.25, 0.3) is 0 Å². The lowest BCUT2D eigenvalue weighted by Gasteiger charge is -2.30. The molecule has 1 heterocycles. The first-order valence-corrected chi connectivity index (χ1v) is 11.1. The lowest BCUT2D eigenvalue weighted by Crippen LogP contribution is -2.42. The summed E-state index contributed by atoms with van der Waals surface area (Å²) in [6.07, 6.45) is 1.78. The average molecular weight is 396 g/mol. The van der Waals surface area contributed by atoms with Crippen molar-refractivity contribution in [3.63, 3.8) is 0 Å². The molecule has 1 unspecified atom stereocenters. The monoisotopic (exact) mass is 395 g/mol. The van der Waals surface area contributed by atoms with Gasteiger partial charge in [0.2, 0.25) is 15.9 Å². The molecule has 0 radical (unpaired) electrons. The minimum absolute atomic E-state index is 0.0473. The molecule has 2 rings (SSSR count). The highest BCUT2D eigenvalue weighted by Crippen LogP contribution is 2.23. The minimum atomic E-state index is -3.21. The van der Waals surface area contributed by atoms with E-state index < -0.39 is 10.0 Å². The van der Waals surface area contributed by atoms with Gasteiger partial charge in [-0.2, -0.15) is 0 Å². The number of anilines is 1. The average Bonchev–Trinajstić information content (AvgIpc) is 2.68. The summed E-state index contributed by atoms with van der Waals surface area (Å²) in [6.45, 7) is 6.24. The van der Waals surface area contributed by atoms with Crippen LogP contribution in [0.2, 0.25) is 0 Å². The Labute approximate surface area is 161 Å². The number of piperidine rings is 1. The third kappa shape index (κ3) is 5.52. The van der Waals surface area contributed by atoms with E-state index in [1.165, 1.54) is 4.31 Å². The van der Waals surface area contributed by atoms with E-state index in [9.17, 15) is 18.0 Å². The molecule has 1 fully saturated rings. The lowest BCUT2D eigenvalue weighted by atomic mass is 9.97. The number of nitrogens with one attached hydrogen (secondary N) is 2. The number of carbonyl (C=O) groups excluding carboxylic acids is 2. The van der Waals surface area contributed by atoms with Crippen LogP contribution in [0.5, 0.6) is 0 Å². The Morgan fingerprint density at radius 3 is 2.41 bits per heavy atom. The number of rotatable bonds is 7. The van der Waals surface area contributed by atoms with E-state index >= 15 is 0 Å². The standard InChI is InChI=1S/C19H29N3O4S/c1-4-14(3)20-19(24)16-8-6-7-9-17(16)21-18(23)15-10-12-22(13-11-15)27(25,26)5-2/h6-9,14-15H,4-5,10-13H2,1-3H3,(H,20,24)(H,21,23). The fraction of sp³-hybridized carbons (Fsp3) is 0.579. The number of hydrogen-bond acceptors (Lipinski definition) is 4. The zero-order valence-corrected chi connectivity index (χ0v) is 17.0. The third-order valence-electron chi connectivity index (χ3n) is 5.00. The molecule has 0 bridgehead atoms. The molecule has 1 atom stereocenters. The van der Waals surface area contributed by atoms with Crippen molar-refractivity contribution in [3.8, 4) is 0 Å². The highest BCUT2D eigenvalue weighted by Gasteiger charge is 2.30. The van der Waals surface area contributed by atoms with Gasteiger partial charge in [-0.05, 0) is 45.2 Å². The van der Waals surface area contributed by atoms with Gasteiger partial charge in [0.05, 0.1) is 17.0 Å². The van der Waals surface area contributed by atoms with E-state index in [1.54, 1.807) is 31.2 Å². The van der Waals surface area contributed by atoms with Crippen molar-refractivity contribution in [1.29, 1.82) is 0 Å². The number of amides is 2. The zero-order chi connectivity index (χ0) is 20.0. The van der Waals surface area contributed by atoms with E-state index in [-0.39, 0.29) is 29.5 Å². The summed E-state index contributed by atoms with van der Waals surface area (Å²) in [5.41, 5.74) is 0.907. The maximum Gasteiger partial charge on any atom is 0.253 e. The molecule has 1 saturated heterocycles. The Bertz CT molecular complexity index is 771. The van der Waals surface area contributed by atoms with Crippen molar-refractivity contribution in [2.45, 2.75) is 46.1 Å². The summed E-state index contributed by atoms with van der Waals surface area (Å²) >= 11 is 0. The maximum absolute atomic E-state index is 12.6. The van der Waals surface area contributed by atoms with Gasteiger partial charge in [0.15, 0.2) is 0 Å². The molecule has 0 spiro atoms. The summed E-state index contributed by atoms with van der Waals surface area (Å²) in [5.74, 6) is -0.585. The highest BCUT2D eigenvalue weighted by atomic mass is 32.2. The predicted molar refractivity (Wildman–Crippen MR) is 106 cm³/mol. The smallest absolute Gasteiger partial charge is 0.253 e.